The number of nitrogens with two attached hydrogens (primary N) is 1. The lowest BCUT2D eigenvalue weighted by Crippen LogP contribution is -2.47. The number of piperidine rings is 1. The molecular formula is C13H18N4. The van der Waals surface area contributed by atoms with Gasteiger partial charge in [0.25, 0.3) is 0 Å². The Morgan fingerprint density at radius 2 is 2.06 bits per heavy atom. The van der Waals surface area contributed by atoms with Crippen LogP contribution in [0, 0.1) is 6.92 Å². The van der Waals surface area contributed by atoms with Crippen molar-refractivity contribution in [2.45, 2.75) is 25.3 Å². The summed E-state index contributed by atoms with van der Waals surface area (Å²) in [6.07, 6.45) is 1.87. The maximum Gasteiger partial charge on any atom is 0.127 e. The van der Waals surface area contributed by atoms with Crippen molar-refractivity contribution in [3.8, 4) is 0 Å². The van der Waals surface area contributed by atoms with Gasteiger partial charge in [0.05, 0.1) is 16.6 Å². The highest BCUT2D eigenvalue weighted by molar-refractivity contribution is 5.78. The van der Waals surface area contributed by atoms with Gasteiger partial charge in [-0.05, 0) is 44.5 Å². The molecule has 1 saturated heterocycles. The van der Waals surface area contributed by atoms with Crippen LogP contribution < -0.4 is 11.1 Å². The van der Waals surface area contributed by atoms with Gasteiger partial charge in [0.1, 0.15) is 5.82 Å². The zero-order valence-electron chi connectivity index (χ0n) is 10.1. The molecule has 0 atom stereocenters. The first-order valence-corrected chi connectivity index (χ1v) is 6.14. The fourth-order valence-electron chi connectivity index (χ4n) is 2.52. The summed E-state index contributed by atoms with van der Waals surface area (Å²) in [6, 6.07) is 6.16. The number of hydrogen-bond donors (Lipinski definition) is 3. The van der Waals surface area contributed by atoms with Crippen LogP contribution in [0.3, 0.4) is 0 Å². The lowest BCUT2D eigenvalue weighted by molar-refractivity contribution is 0.304. The molecule has 17 heavy (non-hydrogen) atoms. The van der Waals surface area contributed by atoms with E-state index in [1.54, 1.807) is 0 Å². The van der Waals surface area contributed by atoms with Crippen molar-refractivity contribution in [1.29, 1.82) is 0 Å². The minimum atomic E-state index is -0.295. The number of nitrogens with one attached hydrogen (secondary N) is 2. The Balaban J connectivity index is 2.08. The lowest BCUT2D eigenvalue weighted by Gasteiger charge is -2.31. The summed E-state index contributed by atoms with van der Waals surface area (Å²) >= 11 is 0. The first kappa shape index (κ1) is 10.7. The second-order valence-electron chi connectivity index (χ2n) is 4.96. The van der Waals surface area contributed by atoms with Gasteiger partial charge in [-0.2, -0.15) is 0 Å². The Morgan fingerprint density at radius 3 is 2.76 bits per heavy atom. The second-order valence-corrected chi connectivity index (χ2v) is 4.96. The van der Waals surface area contributed by atoms with Gasteiger partial charge in [-0.3, -0.25) is 0 Å². The van der Waals surface area contributed by atoms with E-state index in [2.05, 4.69) is 28.3 Å². The summed E-state index contributed by atoms with van der Waals surface area (Å²) in [5.74, 6) is 0.934. The van der Waals surface area contributed by atoms with E-state index < -0.39 is 0 Å². The van der Waals surface area contributed by atoms with Gasteiger partial charge >= 0.3 is 0 Å². The molecular weight excluding hydrogens is 212 g/mol. The minimum absolute atomic E-state index is 0.295. The van der Waals surface area contributed by atoms with Gasteiger partial charge in [-0.15, -0.1) is 0 Å². The number of para-hydroxylation sites is 1. The summed E-state index contributed by atoms with van der Waals surface area (Å²) in [5, 5.41) is 3.33. The molecule has 1 aliphatic rings. The van der Waals surface area contributed by atoms with Crippen molar-refractivity contribution >= 4 is 11.0 Å². The Kier molecular flexibility index (Phi) is 2.42. The van der Waals surface area contributed by atoms with Crippen LogP contribution in [-0.4, -0.2) is 23.1 Å². The molecule has 1 aromatic carbocycles. The number of fused-ring (bicyclic) bond motifs is 1. The van der Waals surface area contributed by atoms with Crippen LogP contribution in [0.25, 0.3) is 11.0 Å². The Labute approximate surface area is 101 Å². The zero-order valence-corrected chi connectivity index (χ0v) is 10.1. The summed E-state index contributed by atoms with van der Waals surface area (Å²) < 4.78 is 0. The smallest absolute Gasteiger partial charge is 0.127 e. The number of aromatic amines is 1. The van der Waals surface area contributed by atoms with Crippen LogP contribution in [0.1, 0.15) is 24.2 Å². The molecule has 4 N–H and O–H groups in total. The second kappa shape index (κ2) is 3.82. The van der Waals surface area contributed by atoms with E-state index in [0.29, 0.717) is 0 Å². The van der Waals surface area contributed by atoms with Gasteiger partial charge in [0.15, 0.2) is 0 Å². The zero-order chi connectivity index (χ0) is 11.9. The van der Waals surface area contributed by atoms with E-state index in [9.17, 15) is 0 Å². The molecule has 4 nitrogen and oxygen atoms in total. The Morgan fingerprint density at radius 1 is 1.29 bits per heavy atom. The van der Waals surface area contributed by atoms with Crippen molar-refractivity contribution in [3.05, 3.63) is 29.6 Å². The van der Waals surface area contributed by atoms with Crippen LogP contribution in [0.15, 0.2) is 18.2 Å². The topological polar surface area (TPSA) is 66.7 Å². The van der Waals surface area contributed by atoms with E-state index in [-0.39, 0.29) is 5.54 Å². The molecule has 4 heteroatoms. The van der Waals surface area contributed by atoms with Crippen LogP contribution in [0.4, 0.5) is 0 Å². The number of H-pyrrole nitrogens is 1. The average molecular weight is 230 g/mol. The molecule has 1 aromatic heterocycles. The molecule has 0 radical (unpaired) electrons. The van der Waals surface area contributed by atoms with Gasteiger partial charge < -0.3 is 16.0 Å². The van der Waals surface area contributed by atoms with Crippen LogP contribution in [-0.2, 0) is 5.54 Å². The molecule has 0 aliphatic carbocycles. The molecule has 1 aliphatic heterocycles. The van der Waals surface area contributed by atoms with E-state index in [4.69, 9.17) is 5.73 Å². The van der Waals surface area contributed by atoms with E-state index >= 15 is 0 Å². The first-order valence-electron chi connectivity index (χ1n) is 6.14. The van der Waals surface area contributed by atoms with Crippen molar-refractivity contribution in [1.82, 2.24) is 15.3 Å². The van der Waals surface area contributed by atoms with E-state index in [1.165, 1.54) is 5.56 Å². The van der Waals surface area contributed by atoms with Crippen LogP contribution >= 0.6 is 0 Å². The number of aromatic nitrogens is 2. The third-order valence-corrected chi connectivity index (χ3v) is 3.69. The number of imidazole rings is 1. The fourth-order valence-corrected chi connectivity index (χ4v) is 2.52. The highest BCUT2D eigenvalue weighted by Crippen LogP contribution is 2.28. The Bertz CT molecular complexity index is 537. The van der Waals surface area contributed by atoms with Gasteiger partial charge in [-0.1, -0.05) is 12.1 Å². The molecule has 0 spiro atoms. The predicted molar refractivity (Wildman–Crippen MR) is 68.8 cm³/mol. The fraction of sp³-hybridized carbons (Fsp3) is 0.462. The normalized spacial score (nSPS) is 19.6. The molecule has 3 rings (SSSR count). The number of aryl methyl sites for hydroxylation is 1. The maximum absolute atomic E-state index is 6.46. The SMILES string of the molecule is Cc1cccc2nc(C3(N)CCNCC3)[nH]c12. The largest absolute Gasteiger partial charge is 0.340 e. The van der Waals surface area contributed by atoms with Crippen LogP contribution in [0.5, 0.6) is 0 Å². The highest BCUT2D eigenvalue weighted by Gasteiger charge is 2.32. The minimum Gasteiger partial charge on any atom is -0.340 e. The average Bonchev–Trinajstić information content (AvgIpc) is 2.76. The van der Waals surface area contributed by atoms with Crippen molar-refractivity contribution in [3.63, 3.8) is 0 Å². The number of benzene rings is 1. The first-order chi connectivity index (χ1) is 8.19. The van der Waals surface area contributed by atoms with Gasteiger partial charge in [-0.25, -0.2) is 4.98 Å². The standard InChI is InChI=1S/C13H18N4/c1-9-3-2-4-10-11(9)17-12(16-10)13(14)5-7-15-8-6-13/h2-4,15H,5-8,14H2,1H3,(H,16,17). The summed E-state index contributed by atoms with van der Waals surface area (Å²) in [7, 11) is 0. The molecule has 1 fully saturated rings. The lowest BCUT2D eigenvalue weighted by atomic mass is 9.89. The summed E-state index contributed by atoms with van der Waals surface area (Å²) in [6.45, 7) is 4.02. The summed E-state index contributed by atoms with van der Waals surface area (Å²) in [5.41, 5.74) is 9.52. The third-order valence-electron chi connectivity index (χ3n) is 3.69. The third kappa shape index (κ3) is 1.73. The molecule has 0 amide bonds. The predicted octanol–water partition coefficient (Wildman–Crippen LogP) is 1.41. The molecule has 0 saturated carbocycles. The van der Waals surface area contributed by atoms with E-state index in [1.807, 2.05) is 12.1 Å². The van der Waals surface area contributed by atoms with Gasteiger partial charge in [0.2, 0.25) is 0 Å². The van der Waals surface area contributed by atoms with Crippen molar-refractivity contribution in [2.75, 3.05) is 13.1 Å². The Hall–Kier alpha value is -1.39. The maximum atomic E-state index is 6.46. The molecule has 0 bridgehead atoms. The highest BCUT2D eigenvalue weighted by atomic mass is 15.0. The van der Waals surface area contributed by atoms with Crippen LogP contribution in [0.2, 0.25) is 0 Å². The number of rotatable bonds is 1. The quantitative estimate of drug-likeness (QED) is 0.694. The monoisotopic (exact) mass is 230 g/mol. The van der Waals surface area contributed by atoms with E-state index in [0.717, 1.165) is 42.8 Å². The molecule has 90 valence electrons. The number of hydrogen-bond acceptors (Lipinski definition) is 3. The summed E-state index contributed by atoms with van der Waals surface area (Å²) in [4.78, 5) is 8.07. The van der Waals surface area contributed by atoms with Gasteiger partial charge in [0, 0.05) is 0 Å². The molecule has 2 heterocycles. The molecule has 0 unspecified atom stereocenters. The van der Waals surface area contributed by atoms with Crippen molar-refractivity contribution < 1.29 is 0 Å². The number of nitrogens with zero attached hydrogens (tertiary/aromatic N) is 1. The van der Waals surface area contributed by atoms with Crippen molar-refractivity contribution in [2.24, 2.45) is 5.73 Å². The molecule has 2 aromatic rings.